The zero-order chi connectivity index (χ0) is 15.2. The summed E-state index contributed by atoms with van der Waals surface area (Å²) in [4.78, 5) is 25.5. The van der Waals surface area contributed by atoms with E-state index in [1.807, 2.05) is 11.0 Å². The number of ether oxygens (including phenoxy) is 1. The third kappa shape index (κ3) is 4.21. The van der Waals surface area contributed by atoms with Gasteiger partial charge >= 0.3 is 5.97 Å². The van der Waals surface area contributed by atoms with Gasteiger partial charge in [0.05, 0.1) is 19.2 Å². The average Bonchev–Trinajstić information content (AvgIpc) is 2.52. The first kappa shape index (κ1) is 15.4. The summed E-state index contributed by atoms with van der Waals surface area (Å²) in [6.45, 7) is 4.14. The summed E-state index contributed by atoms with van der Waals surface area (Å²) in [5.41, 5.74) is 1.22. The minimum Gasteiger partial charge on any atom is -0.465 e. The first-order chi connectivity index (χ1) is 10.1. The molecule has 0 aromatic heterocycles. The van der Waals surface area contributed by atoms with E-state index in [2.05, 4.69) is 17.0 Å². The Morgan fingerprint density at radius 3 is 2.71 bits per heavy atom. The van der Waals surface area contributed by atoms with Crippen LogP contribution in [0.15, 0.2) is 24.3 Å². The number of benzene rings is 1. The van der Waals surface area contributed by atoms with Gasteiger partial charge in [-0.05, 0) is 37.0 Å². The van der Waals surface area contributed by atoms with Gasteiger partial charge in [0, 0.05) is 18.8 Å². The lowest BCUT2D eigenvalue weighted by molar-refractivity contribution is -0.130. The lowest BCUT2D eigenvalue weighted by atomic mass is 9.99. The van der Waals surface area contributed by atoms with Crippen molar-refractivity contribution in [2.75, 3.05) is 32.1 Å². The van der Waals surface area contributed by atoms with Crippen molar-refractivity contribution < 1.29 is 14.3 Å². The number of methoxy groups -OCH3 is 1. The molecule has 21 heavy (non-hydrogen) atoms. The third-order valence-corrected chi connectivity index (χ3v) is 3.86. The van der Waals surface area contributed by atoms with Crippen molar-refractivity contribution in [1.29, 1.82) is 0 Å². The quantitative estimate of drug-likeness (QED) is 0.863. The number of amides is 1. The van der Waals surface area contributed by atoms with Crippen LogP contribution >= 0.6 is 0 Å². The number of piperidine rings is 1. The number of nitrogens with one attached hydrogen (secondary N) is 1. The molecule has 1 amide bonds. The average molecular weight is 290 g/mol. The van der Waals surface area contributed by atoms with E-state index in [-0.39, 0.29) is 18.4 Å². The molecule has 1 aromatic carbocycles. The molecule has 0 aliphatic carbocycles. The normalized spacial score (nSPS) is 15.6. The molecule has 114 valence electrons. The molecule has 2 rings (SSSR count). The molecule has 0 saturated carbocycles. The molecular formula is C16H22N2O3. The molecule has 0 spiro atoms. The van der Waals surface area contributed by atoms with Gasteiger partial charge in [0.2, 0.25) is 5.91 Å². The molecule has 1 heterocycles. The number of rotatable bonds is 4. The van der Waals surface area contributed by atoms with Crippen molar-refractivity contribution in [2.45, 2.75) is 19.8 Å². The number of nitrogens with zero attached hydrogens (tertiary/aromatic N) is 1. The number of anilines is 1. The van der Waals surface area contributed by atoms with Gasteiger partial charge in [-0.15, -0.1) is 0 Å². The van der Waals surface area contributed by atoms with E-state index < -0.39 is 0 Å². The highest BCUT2D eigenvalue weighted by Gasteiger charge is 2.19. The molecule has 1 aliphatic heterocycles. The fourth-order valence-electron chi connectivity index (χ4n) is 2.42. The Morgan fingerprint density at radius 2 is 2.05 bits per heavy atom. The molecule has 0 atom stereocenters. The van der Waals surface area contributed by atoms with Gasteiger partial charge in [0.25, 0.3) is 0 Å². The molecule has 1 saturated heterocycles. The van der Waals surface area contributed by atoms with Crippen LogP contribution in [0, 0.1) is 5.92 Å². The summed E-state index contributed by atoms with van der Waals surface area (Å²) in [6.07, 6.45) is 2.15. The molecule has 1 aromatic rings. The van der Waals surface area contributed by atoms with E-state index in [1.165, 1.54) is 7.11 Å². The summed E-state index contributed by atoms with van der Waals surface area (Å²) in [5, 5.41) is 3.07. The minimum atomic E-state index is -0.380. The summed E-state index contributed by atoms with van der Waals surface area (Å²) in [7, 11) is 1.35. The molecule has 1 aliphatic rings. The highest BCUT2D eigenvalue weighted by Crippen LogP contribution is 2.16. The van der Waals surface area contributed by atoms with E-state index in [1.54, 1.807) is 18.2 Å². The molecule has 0 bridgehead atoms. The highest BCUT2D eigenvalue weighted by molar-refractivity contribution is 5.90. The molecular weight excluding hydrogens is 268 g/mol. The van der Waals surface area contributed by atoms with Crippen molar-refractivity contribution in [3.8, 4) is 0 Å². The number of hydrogen-bond donors (Lipinski definition) is 1. The number of hydrogen-bond acceptors (Lipinski definition) is 4. The lowest BCUT2D eigenvalue weighted by Gasteiger charge is -2.30. The van der Waals surface area contributed by atoms with Gasteiger partial charge in [-0.1, -0.05) is 13.0 Å². The maximum Gasteiger partial charge on any atom is 0.337 e. The monoisotopic (exact) mass is 290 g/mol. The van der Waals surface area contributed by atoms with Crippen molar-refractivity contribution in [3.05, 3.63) is 29.8 Å². The van der Waals surface area contributed by atoms with Crippen molar-refractivity contribution in [3.63, 3.8) is 0 Å². The number of likely N-dealkylation sites (tertiary alicyclic amines) is 1. The highest BCUT2D eigenvalue weighted by atomic mass is 16.5. The maximum absolute atomic E-state index is 12.1. The largest absolute Gasteiger partial charge is 0.465 e. The Kier molecular flexibility index (Phi) is 5.20. The summed E-state index contributed by atoms with van der Waals surface area (Å²) < 4.78 is 4.68. The number of esters is 1. The maximum atomic E-state index is 12.1. The van der Waals surface area contributed by atoms with E-state index in [9.17, 15) is 9.59 Å². The number of carbonyl (C=O) groups excluding carboxylic acids is 2. The van der Waals surface area contributed by atoms with Gasteiger partial charge in [0.15, 0.2) is 0 Å². The Bertz CT molecular complexity index is 508. The molecule has 1 fully saturated rings. The molecule has 1 N–H and O–H groups in total. The second kappa shape index (κ2) is 7.11. The number of carbonyl (C=O) groups is 2. The molecule has 5 nitrogen and oxygen atoms in total. The zero-order valence-corrected chi connectivity index (χ0v) is 12.6. The molecule has 0 unspecified atom stereocenters. The van der Waals surface area contributed by atoms with E-state index >= 15 is 0 Å². The topological polar surface area (TPSA) is 58.6 Å². The van der Waals surface area contributed by atoms with Crippen LogP contribution in [0.3, 0.4) is 0 Å². The first-order valence-corrected chi connectivity index (χ1v) is 7.30. The van der Waals surface area contributed by atoms with Gasteiger partial charge < -0.3 is 15.0 Å². The Labute approximate surface area is 125 Å². The van der Waals surface area contributed by atoms with Crippen LogP contribution in [0.1, 0.15) is 30.1 Å². The van der Waals surface area contributed by atoms with Gasteiger partial charge in [0.1, 0.15) is 0 Å². The van der Waals surface area contributed by atoms with Crippen LogP contribution in [0.5, 0.6) is 0 Å². The standard InChI is InChI=1S/C16H22N2O3/c1-12-6-8-18(9-7-12)15(19)11-17-14-5-3-4-13(10-14)16(20)21-2/h3-5,10,12,17H,6-9,11H2,1-2H3. The third-order valence-electron chi connectivity index (χ3n) is 3.86. The fraction of sp³-hybridized carbons (Fsp3) is 0.500. The summed E-state index contributed by atoms with van der Waals surface area (Å²) in [6, 6.07) is 6.97. The van der Waals surface area contributed by atoms with Crippen molar-refractivity contribution in [1.82, 2.24) is 4.90 Å². The summed E-state index contributed by atoms with van der Waals surface area (Å²) in [5.74, 6) is 0.430. The predicted molar refractivity (Wildman–Crippen MR) is 81.2 cm³/mol. The Morgan fingerprint density at radius 1 is 1.33 bits per heavy atom. The second-order valence-corrected chi connectivity index (χ2v) is 5.49. The van der Waals surface area contributed by atoms with Crippen LogP contribution in [0.2, 0.25) is 0 Å². The molecule has 0 radical (unpaired) electrons. The Balaban J connectivity index is 1.88. The molecule has 5 heteroatoms. The van der Waals surface area contributed by atoms with Crippen LogP contribution in [0.4, 0.5) is 5.69 Å². The van der Waals surface area contributed by atoms with Crippen LogP contribution < -0.4 is 5.32 Å². The van der Waals surface area contributed by atoms with Crippen molar-refractivity contribution in [2.24, 2.45) is 5.92 Å². The minimum absolute atomic E-state index is 0.102. The van der Waals surface area contributed by atoms with Gasteiger partial charge in [-0.2, -0.15) is 0 Å². The summed E-state index contributed by atoms with van der Waals surface area (Å²) >= 11 is 0. The SMILES string of the molecule is COC(=O)c1cccc(NCC(=O)N2CCC(C)CC2)c1. The van der Waals surface area contributed by atoms with Gasteiger partial charge in [-0.25, -0.2) is 4.79 Å². The second-order valence-electron chi connectivity index (χ2n) is 5.49. The van der Waals surface area contributed by atoms with E-state index in [0.717, 1.165) is 31.6 Å². The van der Waals surface area contributed by atoms with Crippen molar-refractivity contribution >= 4 is 17.6 Å². The fourth-order valence-corrected chi connectivity index (χ4v) is 2.42. The first-order valence-electron chi connectivity index (χ1n) is 7.30. The van der Waals surface area contributed by atoms with Crippen LogP contribution in [0.25, 0.3) is 0 Å². The lowest BCUT2D eigenvalue weighted by Crippen LogP contribution is -2.40. The smallest absolute Gasteiger partial charge is 0.337 e. The van der Waals surface area contributed by atoms with E-state index in [4.69, 9.17) is 0 Å². The zero-order valence-electron chi connectivity index (χ0n) is 12.6. The van der Waals surface area contributed by atoms with Crippen LogP contribution in [-0.4, -0.2) is 43.5 Å². The van der Waals surface area contributed by atoms with Gasteiger partial charge in [-0.3, -0.25) is 4.79 Å². The van der Waals surface area contributed by atoms with E-state index in [0.29, 0.717) is 11.5 Å². The van der Waals surface area contributed by atoms with Crippen LogP contribution in [-0.2, 0) is 9.53 Å². The Hall–Kier alpha value is -2.04. The predicted octanol–water partition coefficient (Wildman–Crippen LogP) is 2.14.